The fourth-order valence-corrected chi connectivity index (χ4v) is 3.12. The molecule has 1 aliphatic rings. The van der Waals surface area contributed by atoms with Crippen molar-refractivity contribution in [1.82, 2.24) is 4.90 Å². The number of benzene rings is 2. The third kappa shape index (κ3) is 4.11. The Morgan fingerprint density at radius 3 is 2.04 bits per heavy atom. The summed E-state index contributed by atoms with van der Waals surface area (Å²) in [5.74, 6) is -2.48. The minimum absolute atomic E-state index is 0.296. The first-order valence-electron chi connectivity index (χ1n) is 8.87. The number of halogens is 1. The van der Waals surface area contributed by atoms with Crippen molar-refractivity contribution >= 4 is 34.8 Å². The van der Waals surface area contributed by atoms with Crippen LogP contribution in [0.1, 0.15) is 6.92 Å². The van der Waals surface area contributed by atoms with Crippen molar-refractivity contribution in [1.29, 1.82) is 0 Å². The van der Waals surface area contributed by atoms with Crippen molar-refractivity contribution in [2.45, 2.75) is 6.92 Å². The minimum Gasteiger partial charge on any atom is -0.399 e. The van der Waals surface area contributed by atoms with E-state index in [2.05, 4.69) is 0 Å². The molecule has 0 atom stereocenters. The largest absolute Gasteiger partial charge is 0.399 e. The number of nitrogens with zero attached hydrogens (tertiary/aromatic N) is 3. The normalized spacial score (nSPS) is 13.9. The Hall–Kier alpha value is -3.42. The number of piperazine rings is 1. The van der Waals surface area contributed by atoms with Crippen molar-refractivity contribution in [2.75, 3.05) is 41.7 Å². The molecular weight excluding hydrogens is 363 g/mol. The van der Waals surface area contributed by atoms with Gasteiger partial charge in [0.1, 0.15) is 5.82 Å². The third-order valence-electron chi connectivity index (χ3n) is 4.61. The van der Waals surface area contributed by atoms with E-state index in [-0.39, 0.29) is 5.82 Å². The van der Waals surface area contributed by atoms with Crippen LogP contribution < -0.4 is 15.5 Å². The van der Waals surface area contributed by atoms with Crippen LogP contribution in [-0.4, -0.2) is 48.8 Å². The van der Waals surface area contributed by atoms with E-state index in [1.807, 2.05) is 4.90 Å². The Morgan fingerprint density at radius 1 is 0.929 bits per heavy atom. The molecule has 3 amide bonds. The first-order chi connectivity index (χ1) is 13.4. The Kier molecular flexibility index (Phi) is 5.58. The molecule has 7 nitrogen and oxygen atoms in total. The molecule has 1 fully saturated rings. The average Bonchev–Trinajstić information content (AvgIpc) is 2.69. The molecule has 1 aliphatic heterocycles. The molecule has 146 valence electrons. The second-order valence-electron chi connectivity index (χ2n) is 6.51. The number of nitrogens with two attached hydrogens (primary N) is 1. The van der Waals surface area contributed by atoms with Crippen LogP contribution in [0.15, 0.2) is 48.5 Å². The Morgan fingerprint density at radius 2 is 1.50 bits per heavy atom. The highest BCUT2D eigenvalue weighted by Gasteiger charge is 2.32. The molecule has 0 aliphatic carbocycles. The van der Waals surface area contributed by atoms with E-state index in [1.165, 1.54) is 36.1 Å². The molecule has 0 radical (unpaired) electrons. The number of imide groups is 1. The highest BCUT2D eigenvalue weighted by Crippen LogP contribution is 2.19. The Bertz CT molecular complexity index is 875. The number of amides is 3. The average molecular weight is 384 g/mol. The van der Waals surface area contributed by atoms with Crippen molar-refractivity contribution in [3.8, 4) is 0 Å². The first-order valence-corrected chi connectivity index (χ1v) is 8.87. The topological polar surface area (TPSA) is 87.0 Å². The Labute approximate surface area is 162 Å². The van der Waals surface area contributed by atoms with Crippen LogP contribution in [0, 0.1) is 5.82 Å². The van der Waals surface area contributed by atoms with E-state index in [1.54, 1.807) is 24.3 Å². The van der Waals surface area contributed by atoms with Gasteiger partial charge in [0.2, 0.25) is 5.91 Å². The SMILES string of the molecule is CC(=O)N(C(=O)C(=O)N1CCN(c2ccc(F)cc2)CC1)c1ccc(N)cc1. The van der Waals surface area contributed by atoms with Gasteiger partial charge in [0, 0.05) is 44.5 Å². The molecule has 8 heteroatoms. The lowest BCUT2D eigenvalue weighted by Gasteiger charge is -2.36. The predicted molar refractivity (Wildman–Crippen MR) is 104 cm³/mol. The van der Waals surface area contributed by atoms with Crippen LogP contribution in [0.4, 0.5) is 21.5 Å². The molecule has 0 saturated carbocycles. The summed E-state index contributed by atoms with van der Waals surface area (Å²) in [7, 11) is 0. The highest BCUT2D eigenvalue weighted by atomic mass is 19.1. The van der Waals surface area contributed by atoms with Gasteiger partial charge in [-0.15, -0.1) is 0 Å². The third-order valence-corrected chi connectivity index (χ3v) is 4.61. The molecule has 0 aromatic heterocycles. The first kappa shape index (κ1) is 19.3. The second kappa shape index (κ2) is 8.08. The molecule has 1 saturated heterocycles. The lowest BCUT2D eigenvalue weighted by Crippen LogP contribution is -2.54. The zero-order valence-corrected chi connectivity index (χ0v) is 15.5. The molecule has 1 heterocycles. The summed E-state index contributed by atoms with van der Waals surface area (Å²) in [6.07, 6.45) is 0. The maximum Gasteiger partial charge on any atom is 0.323 e. The molecular formula is C20H21FN4O3. The number of hydrogen-bond acceptors (Lipinski definition) is 5. The van der Waals surface area contributed by atoms with Crippen LogP contribution in [0.5, 0.6) is 0 Å². The van der Waals surface area contributed by atoms with Gasteiger partial charge in [-0.1, -0.05) is 0 Å². The highest BCUT2D eigenvalue weighted by molar-refractivity contribution is 6.45. The number of rotatable bonds is 2. The summed E-state index contributed by atoms with van der Waals surface area (Å²) in [6.45, 7) is 2.90. The van der Waals surface area contributed by atoms with Crippen LogP contribution >= 0.6 is 0 Å². The van der Waals surface area contributed by atoms with Crippen LogP contribution in [-0.2, 0) is 14.4 Å². The monoisotopic (exact) mass is 384 g/mol. The summed E-state index contributed by atoms with van der Waals surface area (Å²) in [4.78, 5) is 41.6. The minimum atomic E-state index is -0.896. The quantitative estimate of drug-likeness (QED) is 0.628. The van der Waals surface area contributed by atoms with Crippen molar-refractivity contribution in [3.63, 3.8) is 0 Å². The molecule has 0 spiro atoms. The smallest absolute Gasteiger partial charge is 0.323 e. The summed E-state index contributed by atoms with van der Waals surface area (Å²) < 4.78 is 13.1. The van der Waals surface area contributed by atoms with Gasteiger partial charge in [-0.05, 0) is 48.5 Å². The van der Waals surface area contributed by atoms with E-state index >= 15 is 0 Å². The van der Waals surface area contributed by atoms with Gasteiger partial charge >= 0.3 is 11.8 Å². The molecule has 0 unspecified atom stereocenters. The van der Waals surface area contributed by atoms with Crippen LogP contribution in [0.3, 0.4) is 0 Å². The number of anilines is 3. The second-order valence-corrected chi connectivity index (χ2v) is 6.51. The van der Waals surface area contributed by atoms with E-state index in [0.717, 1.165) is 10.6 Å². The molecule has 28 heavy (non-hydrogen) atoms. The molecule has 0 bridgehead atoms. The van der Waals surface area contributed by atoms with Crippen molar-refractivity contribution < 1.29 is 18.8 Å². The van der Waals surface area contributed by atoms with E-state index < -0.39 is 17.7 Å². The zero-order chi connectivity index (χ0) is 20.3. The van der Waals surface area contributed by atoms with Crippen LogP contribution in [0.2, 0.25) is 0 Å². The van der Waals surface area contributed by atoms with Crippen LogP contribution in [0.25, 0.3) is 0 Å². The van der Waals surface area contributed by atoms with E-state index in [4.69, 9.17) is 5.73 Å². The van der Waals surface area contributed by atoms with Gasteiger partial charge in [0.25, 0.3) is 0 Å². The molecule has 2 aromatic carbocycles. The maximum atomic E-state index is 13.1. The fraction of sp³-hybridized carbons (Fsp3) is 0.250. The van der Waals surface area contributed by atoms with Gasteiger partial charge in [0.05, 0.1) is 5.69 Å². The van der Waals surface area contributed by atoms with E-state index in [9.17, 15) is 18.8 Å². The van der Waals surface area contributed by atoms with Gasteiger partial charge in [-0.2, -0.15) is 0 Å². The van der Waals surface area contributed by atoms with Gasteiger partial charge in [-0.25, -0.2) is 9.29 Å². The maximum absolute atomic E-state index is 13.1. The fourth-order valence-electron chi connectivity index (χ4n) is 3.12. The van der Waals surface area contributed by atoms with Gasteiger partial charge < -0.3 is 15.5 Å². The summed E-state index contributed by atoms with van der Waals surface area (Å²) >= 11 is 0. The van der Waals surface area contributed by atoms with Gasteiger partial charge in [0.15, 0.2) is 0 Å². The number of nitrogen functional groups attached to an aromatic ring is 1. The lowest BCUT2D eigenvalue weighted by atomic mass is 10.2. The number of carbonyl (C=O) groups excluding carboxylic acids is 3. The van der Waals surface area contributed by atoms with Crippen molar-refractivity contribution in [2.24, 2.45) is 0 Å². The summed E-state index contributed by atoms with van der Waals surface area (Å²) in [5.41, 5.74) is 7.27. The lowest BCUT2D eigenvalue weighted by molar-refractivity contribution is -0.145. The van der Waals surface area contributed by atoms with Crippen molar-refractivity contribution in [3.05, 3.63) is 54.3 Å². The standard InChI is InChI=1S/C20H21FN4O3/c1-14(26)25(18-8-4-16(22)5-9-18)20(28)19(27)24-12-10-23(11-13-24)17-6-2-15(21)3-7-17/h2-9H,10-13,22H2,1H3. The van der Waals surface area contributed by atoms with Gasteiger partial charge in [-0.3, -0.25) is 14.4 Å². The zero-order valence-electron chi connectivity index (χ0n) is 15.5. The molecule has 2 aromatic rings. The molecule has 2 N–H and O–H groups in total. The molecule has 3 rings (SSSR count). The summed E-state index contributed by atoms with van der Waals surface area (Å²) in [6, 6.07) is 12.3. The number of hydrogen-bond donors (Lipinski definition) is 1. The predicted octanol–water partition coefficient (Wildman–Crippen LogP) is 1.64. The summed E-state index contributed by atoms with van der Waals surface area (Å²) in [5, 5.41) is 0. The Balaban J connectivity index is 1.67. The van der Waals surface area contributed by atoms with E-state index in [0.29, 0.717) is 37.6 Å². The number of carbonyl (C=O) groups is 3.